The molecule has 1 aliphatic carbocycles. The first-order chi connectivity index (χ1) is 10.8. The summed E-state index contributed by atoms with van der Waals surface area (Å²) in [6.07, 6.45) is 4.69. The Morgan fingerprint density at radius 2 is 1.96 bits per heavy atom. The van der Waals surface area contributed by atoms with Crippen LogP contribution in [0.4, 0.5) is 0 Å². The Morgan fingerprint density at radius 3 is 2.61 bits per heavy atom. The largest absolute Gasteiger partial charge is 0.459 e. The summed E-state index contributed by atoms with van der Waals surface area (Å²) in [6.45, 7) is 8.13. The van der Waals surface area contributed by atoms with Gasteiger partial charge in [0.05, 0.1) is 6.54 Å². The first-order valence-corrected chi connectivity index (χ1v) is 9.30. The van der Waals surface area contributed by atoms with Gasteiger partial charge in [-0.15, -0.1) is 0 Å². The molecule has 126 valence electrons. The number of ether oxygens (including phenoxy) is 1. The topological polar surface area (TPSA) is 29.5 Å². The van der Waals surface area contributed by atoms with Gasteiger partial charge in [-0.25, -0.2) is 0 Å². The van der Waals surface area contributed by atoms with Gasteiger partial charge in [-0.1, -0.05) is 28.1 Å². The van der Waals surface area contributed by atoms with Crippen LogP contribution in [-0.2, 0) is 21.4 Å². The number of halogens is 1. The second-order valence-electron chi connectivity index (χ2n) is 7.91. The number of piperidine rings is 1. The van der Waals surface area contributed by atoms with E-state index in [1.54, 1.807) is 0 Å². The minimum Gasteiger partial charge on any atom is -0.459 e. The molecule has 1 aromatic rings. The van der Waals surface area contributed by atoms with Gasteiger partial charge in [-0.05, 0) is 82.2 Å². The Balaban J connectivity index is 1.62. The standard InChI is InChI=1S/C19H26BrNO2/c1-18(2,3)23-17(22)13-21-11-9-19(10-12-21)8-7-14-15(19)5-4-6-16(14)20/h4-6H,7-13H2,1-3H3. The van der Waals surface area contributed by atoms with Crippen LogP contribution in [-0.4, -0.2) is 36.1 Å². The lowest BCUT2D eigenvalue weighted by atomic mass is 9.74. The zero-order valence-electron chi connectivity index (χ0n) is 14.3. The first kappa shape index (κ1) is 17.0. The fourth-order valence-corrected chi connectivity index (χ4v) is 4.59. The van der Waals surface area contributed by atoms with Crippen molar-refractivity contribution in [3.05, 3.63) is 33.8 Å². The van der Waals surface area contributed by atoms with E-state index in [1.807, 2.05) is 20.8 Å². The minimum absolute atomic E-state index is 0.108. The van der Waals surface area contributed by atoms with Crippen LogP contribution in [0.15, 0.2) is 22.7 Å². The van der Waals surface area contributed by atoms with E-state index < -0.39 is 5.60 Å². The monoisotopic (exact) mass is 379 g/mol. The van der Waals surface area contributed by atoms with E-state index in [0.29, 0.717) is 12.0 Å². The Labute approximate surface area is 147 Å². The average Bonchev–Trinajstić information content (AvgIpc) is 2.80. The van der Waals surface area contributed by atoms with Crippen molar-refractivity contribution < 1.29 is 9.53 Å². The van der Waals surface area contributed by atoms with Crippen molar-refractivity contribution in [2.75, 3.05) is 19.6 Å². The summed E-state index contributed by atoms with van der Waals surface area (Å²) in [5.41, 5.74) is 2.95. The predicted molar refractivity (Wildman–Crippen MR) is 95.7 cm³/mol. The number of carbonyl (C=O) groups excluding carboxylic acids is 1. The molecular weight excluding hydrogens is 354 g/mol. The third-order valence-corrected chi connectivity index (χ3v) is 5.87. The van der Waals surface area contributed by atoms with E-state index in [-0.39, 0.29) is 5.97 Å². The molecule has 1 saturated heterocycles. The molecule has 2 aliphatic rings. The third-order valence-electron chi connectivity index (χ3n) is 5.13. The van der Waals surface area contributed by atoms with Crippen molar-refractivity contribution in [3.8, 4) is 0 Å². The molecular formula is C19H26BrNO2. The number of nitrogens with zero attached hydrogens (tertiary/aromatic N) is 1. The van der Waals surface area contributed by atoms with Crippen LogP contribution in [0, 0.1) is 0 Å². The predicted octanol–water partition coefficient (Wildman–Crippen LogP) is 4.07. The summed E-state index contributed by atoms with van der Waals surface area (Å²) in [4.78, 5) is 14.3. The summed E-state index contributed by atoms with van der Waals surface area (Å²) in [7, 11) is 0. The van der Waals surface area contributed by atoms with Gasteiger partial charge < -0.3 is 4.74 Å². The fourth-order valence-electron chi connectivity index (χ4n) is 4.02. The second kappa shape index (κ2) is 6.21. The van der Waals surface area contributed by atoms with Gasteiger partial charge in [-0.3, -0.25) is 9.69 Å². The SMILES string of the molecule is CC(C)(C)OC(=O)CN1CCC2(CCc3c(Br)cccc32)CC1. The lowest BCUT2D eigenvalue weighted by Gasteiger charge is -2.40. The molecule has 0 aromatic heterocycles. The normalized spacial score (nSPS) is 20.5. The molecule has 0 radical (unpaired) electrons. The zero-order valence-corrected chi connectivity index (χ0v) is 15.9. The Kier molecular flexibility index (Phi) is 4.58. The van der Waals surface area contributed by atoms with E-state index in [2.05, 4.69) is 39.0 Å². The van der Waals surface area contributed by atoms with Crippen molar-refractivity contribution >= 4 is 21.9 Å². The van der Waals surface area contributed by atoms with Crippen molar-refractivity contribution in [1.82, 2.24) is 4.90 Å². The number of carbonyl (C=O) groups is 1. The molecule has 0 bridgehead atoms. The van der Waals surface area contributed by atoms with Crippen LogP contribution < -0.4 is 0 Å². The maximum Gasteiger partial charge on any atom is 0.320 e. The Bertz CT molecular complexity index is 598. The molecule has 1 spiro atoms. The summed E-state index contributed by atoms with van der Waals surface area (Å²) in [6, 6.07) is 6.61. The number of esters is 1. The molecule has 23 heavy (non-hydrogen) atoms. The van der Waals surface area contributed by atoms with E-state index in [4.69, 9.17) is 4.74 Å². The quantitative estimate of drug-likeness (QED) is 0.725. The maximum atomic E-state index is 12.0. The highest BCUT2D eigenvalue weighted by Gasteiger charge is 2.41. The second-order valence-corrected chi connectivity index (χ2v) is 8.76. The van der Waals surface area contributed by atoms with Crippen LogP contribution in [0.25, 0.3) is 0 Å². The van der Waals surface area contributed by atoms with Gasteiger partial charge in [-0.2, -0.15) is 0 Å². The summed E-state index contributed by atoms with van der Waals surface area (Å²) >= 11 is 3.70. The molecule has 0 amide bonds. The van der Waals surface area contributed by atoms with Crippen LogP contribution in [0.3, 0.4) is 0 Å². The summed E-state index contributed by atoms with van der Waals surface area (Å²) < 4.78 is 6.70. The summed E-state index contributed by atoms with van der Waals surface area (Å²) in [5, 5.41) is 0. The van der Waals surface area contributed by atoms with Crippen LogP contribution >= 0.6 is 15.9 Å². The molecule has 0 unspecified atom stereocenters. The minimum atomic E-state index is -0.398. The highest BCUT2D eigenvalue weighted by atomic mass is 79.9. The van der Waals surface area contributed by atoms with E-state index in [9.17, 15) is 4.79 Å². The van der Waals surface area contributed by atoms with Crippen molar-refractivity contribution in [1.29, 1.82) is 0 Å². The molecule has 3 nitrogen and oxygen atoms in total. The molecule has 0 saturated carbocycles. The third kappa shape index (κ3) is 3.63. The van der Waals surface area contributed by atoms with Crippen LogP contribution in [0.2, 0.25) is 0 Å². The smallest absolute Gasteiger partial charge is 0.320 e. The van der Waals surface area contributed by atoms with Gasteiger partial charge in [0.2, 0.25) is 0 Å². The zero-order chi connectivity index (χ0) is 16.7. The highest BCUT2D eigenvalue weighted by molar-refractivity contribution is 9.10. The fraction of sp³-hybridized carbons (Fsp3) is 0.632. The van der Waals surface area contributed by atoms with Crippen molar-refractivity contribution in [2.45, 2.75) is 57.5 Å². The molecule has 3 rings (SSSR count). The van der Waals surface area contributed by atoms with E-state index in [0.717, 1.165) is 25.9 Å². The molecule has 1 aromatic carbocycles. The lowest BCUT2D eigenvalue weighted by molar-refractivity contribution is -0.156. The molecule has 0 N–H and O–H groups in total. The van der Waals surface area contributed by atoms with Gasteiger partial charge in [0.15, 0.2) is 0 Å². The molecule has 1 heterocycles. The van der Waals surface area contributed by atoms with E-state index in [1.165, 1.54) is 28.4 Å². The highest BCUT2D eigenvalue weighted by Crippen LogP contribution is 2.47. The number of rotatable bonds is 2. The Morgan fingerprint density at radius 1 is 1.26 bits per heavy atom. The van der Waals surface area contributed by atoms with Crippen LogP contribution in [0.1, 0.15) is 51.2 Å². The van der Waals surface area contributed by atoms with Crippen LogP contribution in [0.5, 0.6) is 0 Å². The Hall–Kier alpha value is -0.870. The maximum absolute atomic E-state index is 12.0. The van der Waals surface area contributed by atoms with Crippen molar-refractivity contribution in [2.24, 2.45) is 0 Å². The first-order valence-electron chi connectivity index (χ1n) is 8.51. The lowest BCUT2D eigenvalue weighted by Crippen LogP contribution is -2.44. The van der Waals surface area contributed by atoms with E-state index >= 15 is 0 Å². The van der Waals surface area contributed by atoms with Gasteiger partial charge in [0.25, 0.3) is 0 Å². The number of hydrogen-bond acceptors (Lipinski definition) is 3. The average molecular weight is 380 g/mol. The van der Waals surface area contributed by atoms with Gasteiger partial charge in [0.1, 0.15) is 5.60 Å². The van der Waals surface area contributed by atoms with Crippen molar-refractivity contribution in [3.63, 3.8) is 0 Å². The number of fused-ring (bicyclic) bond motifs is 2. The molecule has 4 heteroatoms. The van der Waals surface area contributed by atoms with Gasteiger partial charge in [0, 0.05) is 4.47 Å². The number of hydrogen-bond donors (Lipinski definition) is 0. The molecule has 1 fully saturated rings. The van der Waals surface area contributed by atoms with Gasteiger partial charge >= 0.3 is 5.97 Å². The summed E-state index contributed by atoms with van der Waals surface area (Å²) in [5.74, 6) is -0.108. The molecule has 0 atom stereocenters. The number of likely N-dealkylation sites (tertiary alicyclic amines) is 1. The molecule has 1 aliphatic heterocycles. The number of benzene rings is 1.